The summed E-state index contributed by atoms with van der Waals surface area (Å²) >= 11 is 3.13. The largest absolute Gasteiger partial charge is 0.341 e. The molecule has 0 saturated carbocycles. The van der Waals surface area contributed by atoms with E-state index >= 15 is 0 Å². The Morgan fingerprint density at radius 3 is 2.93 bits per heavy atom. The average molecular weight is 258 g/mol. The second kappa shape index (κ2) is 4.26. The van der Waals surface area contributed by atoms with Crippen LogP contribution in [0.1, 0.15) is 22.5 Å². The summed E-state index contributed by atoms with van der Waals surface area (Å²) in [5, 5.41) is 0. The molecule has 1 saturated heterocycles. The van der Waals surface area contributed by atoms with Crippen LogP contribution in [-0.2, 0) is 0 Å². The molecule has 0 N–H and O–H groups in total. The lowest BCUT2D eigenvalue weighted by atomic mass is 10.0. The van der Waals surface area contributed by atoms with E-state index in [1.165, 1.54) is 6.42 Å². The molecule has 1 fully saturated rings. The zero-order valence-corrected chi connectivity index (χ0v) is 9.71. The summed E-state index contributed by atoms with van der Waals surface area (Å²) in [6.45, 7) is 4.04. The fourth-order valence-corrected chi connectivity index (χ4v) is 1.94. The summed E-state index contributed by atoms with van der Waals surface area (Å²) < 4.78 is 15.6. The third kappa shape index (κ3) is 2.23. The molecule has 1 aliphatic heterocycles. The minimum absolute atomic E-state index is 0.0910. The highest BCUT2D eigenvalue weighted by Gasteiger charge is 2.17. The van der Waals surface area contributed by atoms with Gasteiger partial charge in [-0.2, -0.15) is 0 Å². The maximum absolute atomic E-state index is 7.63. The predicted molar refractivity (Wildman–Crippen MR) is 60.3 cm³/mol. The second-order valence-electron chi connectivity index (χ2n) is 3.75. The summed E-state index contributed by atoms with van der Waals surface area (Å²) in [7, 11) is 0. The van der Waals surface area contributed by atoms with Crippen molar-refractivity contribution in [1.29, 1.82) is 0 Å². The number of anilines is 1. The molecule has 0 amide bonds. The maximum atomic E-state index is 7.63. The maximum Gasteiger partial charge on any atom is 0.225 e. The van der Waals surface area contributed by atoms with E-state index < -0.39 is 0 Å². The van der Waals surface area contributed by atoms with E-state index in [4.69, 9.17) is 2.74 Å². The van der Waals surface area contributed by atoms with E-state index in [-0.39, 0.29) is 12.3 Å². The van der Waals surface area contributed by atoms with Crippen LogP contribution < -0.4 is 4.90 Å². The van der Waals surface area contributed by atoms with Crippen LogP contribution in [0.25, 0.3) is 0 Å². The Labute approximate surface area is 95.5 Å². The number of piperidine rings is 1. The van der Waals surface area contributed by atoms with Crippen molar-refractivity contribution < 1.29 is 2.74 Å². The van der Waals surface area contributed by atoms with Gasteiger partial charge in [0.2, 0.25) is 5.95 Å². The normalized spacial score (nSPS) is 24.4. The van der Waals surface area contributed by atoms with Crippen molar-refractivity contribution in [2.24, 2.45) is 5.92 Å². The van der Waals surface area contributed by atoms with Crippen molar-refractivity contribution in [3.05, 3.63) is 16.8 Å². The Kier molecular flexibility index (Phi) is 2.32. The lowest BCUT2D eigenvalue weighted by Crippen LogP contribution is -2.35. The molecular weight excluding hydrogens is 242 g/mol. The van der Waals surface area contributed by atoms with Gasteiger partial charge in [0.1, 0.15) is 0 Å². The van der Waals surface area contributed by atoms with Crippen molar-refractivity contribution in [3.63, 3.8) is 0 Å². The first kappa shape index (κ1) is 7.63. The zero-order chi connectivity index (χ0) is 11.7. The summed E-state index contributed by atoms with van der Waals surface area (Å²) in [4.78, 5) is 10.3. The Balaban J connectivity index is 2.26. The molecule has 0 aromatic carbocycles. The van der Waals surface area contributed by atoms with Crippen molar-refractivity contribution in [2.75, 3.05) is 18.0 Å². The van der Waals surface area contributed by atoms with Gasteiger partial charge in [-0.1, -0.05) is 6.92 Å². The smallest absolute Gasteiger partial charge is 0.225 e. The Morgan fingerprint density at radius 1 is 1.57 bits per heavy atom. The van der Waals surface area contributed by atoms with Crippen molar-refractivity contribution >= 4 is 21.9 Å². The summed E-state index contributed by atoms with van der Waals surface area (Å²) in [6.07, 6.45) is 2.54. The van der Waals surface area contributed by atoms with Crippen LogP contribution in [-0.4, -0.2) is 23.1 Å². The predicted octanol–water partition coefficient (Wildman–Crippen LogP) is 2.48. The third-order valence-electron chi connectivity index (χ3n) is 2.45. The van der Waals surface area contributed by atoms with Crippen LogP contribution in [0, 0.1) is 5.92 Å². The number of hydrogen-bond acceptors (Lipinski definition) is 3. The van der Waals surface area contributed by atoms with Crippen LogP contribution in [0.2, 0.25) is 0 Å². The number of hydrogen-bond donors (Lipinski definition) is 0. The van der Waals surface area contributed by atoms with Gasteiger partial charge in [0.05, 0.1) is 7.21 Å². The molecule has 14 heavy (non-hydrogen) atoms. The van der Waals surface area contributed by atoms with E-state index in [1.54, 1.807) is 0 Å². The molecule has 1 aliphatic rings. The van der Waals surface area contributed by atoms with Crippen molar-refractivity contribution in [3.8, 4) is 0 Å². The minimum Gasteiger partial charge on any atom is -0.341 e. The average Bonchev–Trinajstić information content (AvgIpc) is 2.25. The molecule has 1 aromatic rings. The van der Waals surface area contributed by atoms with E-state index in [9.17, 15) is 0 Å². The van der Waals surface area contributed by atoms with E-state index in [0.717, 1.165) is 19.5 Å². The Morgan fingerprint density at radius 2 is 2.29 bits per heavy atom. The van der Waals surface area contributed by atoms with Gasteiger partial charge in [0.15, 0.2) is 0 Å². The quantitative estimate of drug-likeness (QED) is 0.774. The summed E-state index contributed by atoms with van der Waals surface area (Å²) in [5.41, 5.74) is 0. The van der Waals surface area contributed by atoms with Gasteiger partial charge in [-0.15, -0.1) is 0 Å². The van der Waals surface area contributed by atoms with E-state index in [0.29, 0.717) is 16.3 Å². The molecule has 3 nitrogen and oxygen atoms in total. The fourth-order valence-electron chi connectivity index (χ4n) is 1.76. The molecular formula is C10H14BrN3. The minimum atomic E-state index is 0.0910. The first-order valence-corrected chi connectivity index (χ1v) is 5.63. The highest BCUT2D eigenvalue weighted by molar-refractivity contribution is 9.10. The molecule has 0 spiro atoms. The van der Waals surface area contributed by atoms with Crippen molar-refractivity contribution in [1.82, 2.24) is 9.97 Å². The lowest BCUT2D eigenvalue weighted by molar-refractivity contribution is 0.442. The van der Waals surface area contributed by atoms with Crippen LogP contribution >= 0.6 is 15.9 Å². The Bertz CT molecular complexity index is 377. The van der Waals surface area contributed by atoms with Gasteiger partial charge in [-0.3, -0.25) is 0 Å². The molecule has 1 aromatic heterocycles. The molecule has 76 valence electrons. The van der Waals surface area contributed by atoms with Gasteiger partial charge in [-0.25, -0.2) is 9.97 Å². The van der Waals surface area contributed by atoms with Gasteiger partial charge in [0, 0.05) is 25.4 Å². The van der Waals surface area contributed by atoms with Gasteiger partial charge < -0.3 is 4.90 Å². The van der Waals surface area contributed by atoms with Gasteiger partial charge >= 0.3 is 0 Å². The number of nitrogens with zero attached hydrogens (tertiary/aromatic N) is 3. The zero-order valence-electron chi connectivity index (χ0n) is 10.1. The molecule has 2 rings (SSSR count). The molecule has 4 heteroatoms. The number of rotatable bonds is 1. The monoisotopic (exact) mass is 257 g/mol. The third-order valence-corrected chi connectivity index (χ3v) is 2.80. The SMILES string of the molecule is [2H]c1nc(N2CCCC(C)C2)nc([2H])c1Br. The molecule has 2 heterocycles. The molecule has 0 bridgehead atoms. The topological polar surface area (TPSA) is 29.0 Å². The number of halogens is 1. The molecule has 1 atom stereocenters. The summed E-state index contributed by atoms with van der Waals surface area (Å²) in [5.74, 6) is 1.15. The van der Waals surface area contributed by atoms with Crippen LogP contribution in [0.3, 0.4) is 0 Å². The summed E-state index contributed by atoms with van der Waals surface area (Å²) in [6, 6.07) is 0. The lowest BCUT2D eigenvalue weighted by Gasteiger charge is -2.30. The van der Waals surface area contributed by atoms with Crippen molar-refractivity contribution in [2.45, 2.75) is 19.8 Å². The van der Waals surface area contributed by atoms with Crippen LogP contribution in [0.15, 0.2) is 16.8 Å². The van der Waals surface area contributed by atoms with Gasteiger partial charge in [0.25, 0.3) is 0 Å². The number of aromatic nitrogens is 2. The molecule has 1 unspecified atom stereocenters. The first-order valence-electron chi connectivity index (χ1n) is 5.83. The van der Waals surface area contributed by atoms with Crippen LogP contribution in [0.5, 0.6) is 0 Å². The second-order valence-corrected chi connectivity index (χ2v) is 4.55. The first-order chi connectivity index (χ1) is 7.58. The van der Waals surface area contributed by atoms with Crippen LogP contribution in [0.4, 0.5) is 5.95 Å². The molecule has 0 aliphatic carbocycles. The highest BCUT2D eigenvalue weighted by Crippen LogP contribution is 2.19. The highest BCUT2D eigenvalue weighted by atomic mass is 79.9. The van der Waals surface area contributed by atoms with E-state index in [2.05, 4.69) is 37.7 Å². The van der Waals surface area contributed by atoms with E-state index in [1.807, 2.05) is 0 Å². The standard InChI is InChI=1S/C10H14BrN3/c1-8-3-2-4-14(7-8)10-12-5-9(11)6-13-10/h5-6,8H,2-4,7H2,1H3/i5D,6D. The Hall–Kier alpha value is -0.640. The molecule has 0 radical (unpaired) electrons. The van der Waals surface area contributed by atoms with Gasteiger partial charge in [-0.05, 0) is 34.7 Å². The fraction of sp³-hybridized carbons (Fsp3) is 0.600.